The molecule has 0 atom stereocenters. The first-order valence-corrected chi connectivity index (χ1v) is 10.7. The Bertz CT molecular complexity index is 1010. The van der Waals surface area contributed by atoms with Gasteiger partial charge >= 0.3 is 0 Å². The molecule has 0 amide bonds. The first-order chi connectivity index (χ1) is 15.0. The summed E-state index contributed by atoms with van der Waals surface area (Å²) in [5, 5.41) is 4.05. The first-order valence-electron chi connectivity index (χ1n) is 9.93. The molecule has 0 unspecified atom stereocenters. The van der Waals surface area contributed by atoms with E-state index in [4.69, 9.17) is 32.7 Å². The third-order valence-electron chi connectivity index (χ3n) is 4.59. The van der Waals surface area contributed by atoms with E-state index in [0.29, 0.717) is 35.2 Å². The zero-order valence-electron chi connectivity index (χ0n) is 17.1. The maximum atomic E-state index is 13.2. The lowest BCUT2D eigenvalue weighted by Crippen LogP contribution is -2.17. The van der Waals surface area contributed by atoms with Crippen molar-refractivity contribution >= 4 is 23.2 Å². The summed E-state index contributed by atoms with van der Waals surface area (Å²) in [6.07, 6.45) is 0.784. The minimum absolute atomic E-state index is 0.133. The van der Waals surface area contributed by atoms with Gasteiger partial charge in [-0.05, 0) is 67.4 Å². The topological polar surface area (TPSA) is 30.5 Å². The molecule has 0 bridgehead atoms. The number of nitrogens with one attached hydrogen (secondary N) is 1. The zero-order valence-corrected chi connectivity index (χ0v) is 18.6. The maximum absolute atomic E-state index is 13.2. The van der Waals surface area contributed by atoms with E-state index in [0.717, 1.165) is 24.1 Å². The fourth-order valence-corrected chi connectivity index (χ4v) is 3.54. The fourth-order valence-electron chi connectivity index (χ4n) is 3.03. The Morgan fingerprint density at radius 3 is 2.29 bits per heavy atom. The van der Waals surface area contributed by atoms with E-state index < -0.39 is 5.82 Å². The third kappa shape index (κ3) is 6.82. The molecule has 3 nitrogen and oxygen atoms in total. The van der Waals surface area contributed by atoms with E-state index in [1.165, 1.54) is 24.3 Å². The van der Waals surface area contributed by atoms with Crippen LogP contribution < -0.4 is 14.8 Å². The summed E-state index contributed by atoms with van der Waals surface area (Å²) in [7, 11) is 0. The van der Waals surface area contributed by atoms with Crippen molar-refractivity contribution in [2.45, 2.75) is 26.5 Å². The van der Waals surface area contributed by atoms with Crippen molar-refractivity contribution in [3.63, 3.8) is 0 Å². The van der Waals surface area contributed by atoms with Crippen LogP contribution in [0.3, 0.4) is 0 Å². The highest BCUT2D eigenvalue weighted by Crippen LogP contribution is 2.37. The van der Waals surface area contributed by atoms with E-state index >= 15 is 0 Å². The molecule has 0 heterocycles. The molecule has 3 aromatic carbocycles. The summed E-state index contributed by atoms with van der Waals surface area (Å²) in [5.41, 5.74) is 2.65. The summed E-state index contributed by atoms with van der Waals surface area (Å²) in [6.45, 7) is 3.78. The number of halogens is 4. The first kappa shape index (κ1) is 23.3. The molecule has 0 aliphatic heterocycles. The van der Waals surface area contributed by atoms with E-state index in [1.54, 1.807) is 18.2 Å². The van der Waals surface area contributed by atoms with Gasteiger partial charge in [-0.1, -0.05) is 41.4 Å². The third-order valence-corrected chi connectivity index (χ3v) is 5.22. The second-order valence-electron chi connectivity index (χ2n) is 6.92. The van der Waals surface area contributed by atoms with Gasteiger partial charge < -0.3 is 14.8 Å². The van der Waals surface area contributed by atoms with Crippen LogP contribution in [-0.2, 0) is 19.6 Å². The fraction of sp³-hybridized carbons (Fsp3) is 0.250. The molecule has 31 heavy (non-hydrogen) atoms. The molecule has 0 saturated heterocycles. The maximum Gasteiger partial charge on any atom is 0.180 e. The highest BCUT2D eigenvalue weighted by Gasteiger charge is 2.14. The van der Waals surface area contributed by atoms with Gasteiger partial charge in [0.15, 0.2) is 11.5 Å². The van der Waals surface area contributed by atoms with Crippen LogP contribution in [0.4, 0.5) is 8.78 Å². The molecule has 0 aliphatic rings. The standard InChI is InChI=1S/C24H23Cl2F2NO2/c1-2-30-23-12-17(14-29-10-9-16-3-6-19(27)7-4-16)11-22(26)24(23)31-15-18-5-8-20(28)13-21(18)25/h3-8,11-13,29H,2,9-10,14-15H2,1H3. The minimum Gasteiger partial charge on any atom is -0.490 e. The molecule has 0 fully saturated rings. The van der Waals surface area contributed by atoms with Crippen molar-refractivity contribution < 1.29 is 18.3 Å². The lowest BCUT2D eigenvalue weighted by atomic mass is 10.1. The number of ether oxygens (including phenoxy) is 2. The van der Waals surface area contributed by atoms with Crippen molar-refractivity contribution in [3.8, 4) is 11.5 Å². The van der Waals surface area contributed by atoms with Gasteiger partial charge in [0.2, 0.25) is 0 Å². The average molecular weight is 466 g/mol. The number of hydrogen-bond acceptors (Lipinski definition) is 3. The Morgan fingerprint density at radius 1 is 0.839 bits per heavy atom. The van der Waals surface area contributed by atoms with Gasteiger partial charge in [-0.2, -0.15) is 0 Å². The Labute approximate surface area is 190 Å². The molecule has 0 aromatic heterocycles. The molecule has 0 radical (unpaired) electrons. The Hall–Kier alpha value is -2.34. The monoisotopic (exact) mass is 465 g/mol. The quantitative estimate of drug-likeness (QED) is 0.343. The molecule has 3 rings (SSSR count). The van der Waals surface area contributed by atoms with Gasteiger partial charge in [0.25, 0.3) is 0 Å². The van der Waals surface area contributed by atoms with Crippen molar-refractivity contribution in [1.29, 1.82) is 0 Å². The van der Waals surface area contributed by atoms with E-state index in [9.17, 15) is 8.78 Å². The van der Waals surface area contributed by atoms with Crippen LogP contribution in [0.5, 0.6) is 11.5 Å². The van der Waals surface area contributed by atoms with Crippen molar-refractivity contribution in [1.82, 2.24) is 5.32 Å². The van der Waals surface area contributed by atoms with Crippen molar-refractivity contribution in [2.75, 3.05) is 13.2 Å². The van der Waals surface area contributed by atoms with Crippen LogP contribution in [0.2, 0.25) is 10.0 Å². The van der Waals surface area contributed by atoms with E-state index in [-0.39, 0.29) is 17.4 Å². The highest BCUT2D eigenvalue weighted by molar-refractivity contribution is 6.32. The van der Waals surface area contributed by atoms with Gasteiger partial charge in [0.05, 0.1) is 16.7 Å². The average Bonchev–Trinajstić information content (AvgIpc) is 2.73. The summed E-state index contributed by atoms with van der Waals surface area (Å²) < 4.78 is 37.8. The van der Waals surface area contributed by atoms with Crippen LogP contribution in [-0.4, -0.2) is 13.2 Å². The predicted octanol–water partition coefficient (Wildman–Crippen LogP) is 6.58. The molecular weight excluding hydrogens is 443 g/mol. The normalized spacial score (nSPS) is 10.9. The second kappa shape index (κ2) is 11.3. The minimum atomic E-state index is -0.405. The van der Waals surface area contributed by atoms with Gasteiger partial charge in [0.1, 0.15) is 18.2 Å². The van der Waals surface area contributed by atoms with Gasteiger partial charge in [-0.3, -0.25) is 0 Å². The molecule has 0 aliphatic carbocycles. The lowest BCUT2D eigenvalue weighted by Gasteiger charge is -2.16. The summed E-state index contributed by atoms with van der Waals surface area (Å²) in [6, 6.07) is 14.3. The highest BCUT2D eigenvalue weighted by atomic mass is 35.5. The molecule has 0 spiro atoms. The van der Waals surface area contributed by atoms with Crippen molar-refractivity contribution in [2.24, 2.45) is 0 Å². The van der Waals surface area contributed by atoms with Crippen LogP contribution in [0.1, 0.15) is 23.6 Å². The predicted molar refractivity (Wildman–Crippen MR) is 120 cm³/mol. The smallest absolute Gasteiger partial charge is 0.180 e. The van der Waals surface area contributed by atoms with E-state index in [2.05, 4.69) is 5.32 Å². The Balaban J connectivity index is 1.62. The van der Waals surface area contributed by atoms with Crippen LogP contribution in [0, 0.1) is 11.6 Å². The zero-order chi connectivity index (χ0) is 22.2. The molecular formula is C24H23Cl2F2NO2. The largest absolute Gasteiger partial charge is 0.490 e. The Morgan fingerprint density at radius 2 is 1.58 bits per heavy atom. The van der Waals surface area contributed by atoms with Crippen LogP contribution >= 0.6 is 23.2 Å². The summed E-state index contributed by atoms with van der Waals surface area (Å²) in [4.78, 5) is 0. The van der Waals surface area contributed by atoms with E-state index in [1.807, 2.05) is 19.1 Å². The Kier molecular flexibility index (Phi) is 8.52. The van der Waals surface area contributed by atoms with Crippen LogP contribution in [0.25, 0.3) is 0 Å². The molecule has 3 aromatic rings. The second-order valence-corrected chi connectivity index (χ2v) is 7.73. The number of rotatable bonds is 10. The SMILES string of the molecule is CCOc1cc(CNCCc2ccc(F)cc2)cc(Cl)c1OCc1ccc(F)cc1Cl. The molecule has 0 saturated carbocycles. The van der Waals surface area contributed by atoms with Crippen LogP contribution in [0.15, 0.2) is 54.6 Å². The van der Waals surface area contributed by atoms with Crippen molar-refractivity contribution in [3.05, 3.63) is 93.0 Å². The number of benzene rings is 3. The number of hydrogen-bond donors (Lipinski definition) is 1. The molecule has 7 heteroatoms. The summed E-state index contributed by atoms with van der Waals surface area (Å²) in [5.74, 6) is 0.305. The van der Waals surface area contributed by atoms with Gasteiger partial charge in [0, 0.05) is 12.1 Å². The summed E-state index contributed by atoms with van der Waals surface area (Å²) >= 11 is 12.5. The van der Waals surface area contributed by atoms with Gasteiger partial charge in [-0.15, -0.1) is 0 Å². The molecule has 1 N–H and O–H groups in total. The molecule has 164 valence electrons. The lowest BCUT2D eigenvalue weighted by molar-refractivity contribution is 0.269. The van der Waals surface area contributed by atoms with Gasteiger partial charge in [-0.25, -0.2) is 8.78 Å².